The summed E-state index contributed by atoms with van der Waals surface area (Å²) in [7, 11) is 2.19. The van der Waals surface area contributed by atoms with Crippen molar-refractivity contribution in [2.24, 2.45) is 0 Å². The number of pyridine rings is 1. The maximum atomic E-state index is 5.58. The van der Waals surface area contributed by atoms with Crippen molar-refractivity contribution in [3.8, 4) is 11.4 Å². The van der Waals surface area contributed by atoms with Crippen LogP contribution in [0.3, 0.4) is 0 Å². The summed E-state index contributed by atoms with van der Waals surface area (Å²) in [5.41, 5.74) is 4.63. The second-order valence-electron chi connectivity index (χ2n) is 7.00. The Hall–Kier alpha value is -1.79. The minimum absolute atomic E-state index is 0.514. The molecule has 128 valence electrons. The van der Waals surface area contributed by atoms with Crippen LogP contribution in [-0.2, 0) is 19.4 Å². The lowest BCUT2D eigenvalue weighted by Crippen LogP contribution is -2.37. The molecule has 24 heavy (non-hydrogen) atoms. The Bertz CT molecular complexity index is 726. The van der Waals surface area contributed by atoms with E-state index < -0.39 is 0 Å². The standard InChI is InChI=1S/C18H25N5O/c1-12-17(15-6-7-19-10-13(15)11-20-12)18-21-16(24-22-18)9-14-5-3-4-8-23(14)2/h11,14,19H,3-10H2,1-2H3. The second-order valence-corrected chi connectivity index (χ2v) is 7.00. The molecule has 6 heteroatoms. The largest absolute Gasteiger partial charge is 0.339 e. The van der Waals surface area contributed by atoms with Gasteiger partial charge in [-0.1, -0.05) is 11.6 Å². The molecule has 0 aliphatic carbocycles. The van der Waals surface area contributed by atoms with Crippen LogP contribution < -0.4 is 5.32 Å². The quantitative estimate of drug-likeness (QED) is 0.931. The summed E-state index contributed by atoms with van der Waals surface area (Å²) in [4.78, 5) is 11.7. The molecule has 1 atom stereocenters. The highest BCUT2D eigenvalue weighted by Gasteiger charge is 2.24. The van der Waals surface area contributed by atoms with Gasteiger partial charge in [0.1, 0.15) is 0 Å². The van der Waals surface area contributed by atoms with Crippen LogP contribution in [0.15, 0.2) is 10.7 Å². The second kappa shape index (κ2) is 6.61. The third-order valence-electron chi connectivity index (χ3n) is 5.36. The number of hydrogen-bond donors (Lipinski definition) is 1. The third kappa shape index (κ3) is 2.96. The average molecular weight is 327 g/mol. The molecule has 1 fully saturated rings. The van der Waals surface area contributed by atoms with E-state index in [0.717, 1.165) is 49.6 Å². The number of likely N-dealkylation sites (tertiary alicyclic amines) is 1. The van der Waals surface area contributed by atoms with Crippen molar-refractivity contribution in [2.75, 3.05) is 20.1 Å². The molecule has 2 aromatic rings. The first-order valence-corrected chi connectivity index (χ1v) is 8.93. The number of nitrogens with zero attached hydrogens (tertiary/aromatic N) is 4. The summed E-state index contributed by atoms with van der Waals surface area (Å²) in [5.74, 6) is 1.45. The molecule has 6 nitrogen and oxygen atoms in total. The topological polar surface area (TPSA) is 67.1 Å². The van der Waals surface area contributed by atoms with Crippen molar-refractivity contribution < 1.29 is 4.52 Å². The molecule has 1 N–H and O–H groups in total. The molecule has 0 radical (unpaired) electrons. The molecule has 2 aliphatic heterocycles. The first-order chi connectivity index (χ1) is 11.7. The van der Waals surface area contributed by atoms with Crippen LogP contribution in [-0.4, -0.2) is 46.2 Å². The van der Waals surface area contributed by atoms with Crippen LogP contribution >= 0.6 is 0 Å². The molecule has 0 amide bonds. The number of rotatable bonds is 3. The first-order valence-electron chi connectivity index (χ1n) is 8.93. The van der Waals surface area contributed by atoms with E-state index in [9.17, 15) is 0 Å². The molecular weight excluding hydrogens is 302 g/mol. The number of hydrogen-bond acceptors (Lipinski definition) is 6. The molecule has 1 saturated heterocycles. The van der Waals surface area contributed by atoms with E-state index in [0.29, 0.717) is 11.9 Å². The SMILES string of the molecule is Cc1ncc2c(c1-c1noc(CC3CCCCN3C)n1)CCNC2. The van der Waals surface area contributed by atoms with Gasteiger partial charge in [0.2, 0.25) is 11.7 Å². The summed E-state index contributed by atoms with van der Waals surface area (Å²) in [6.45, 7) is 5.05. The smallest absolute Gasteiger partial charge is 0.228 e. The van der Waals surface area contributed by atoms with Crippen molar-refractivity contribution in [1.29, 1.82) is 0 Å². The fourth-order valence-corrected chi connectivity index (χ4v) is 3.91. The number of likely N-dealkylation sites (N-methyl/N-ethyl adjacent to an activating group) is 1. The Morgan fingerprint density at radius 2 is 2.29 bits per heavy atom. The Morgan fingerprint density at radius 3 is 3.17 bits per heavy atom. The molecule has 0 bridgehead atoms. The van der Waals surface area contributed by atoms with Gasteiger partial charge in [0.25, 0.3) is 0 Å². The normalized spacial score (nSPS) is 21.7. The van der Waals surface area contributed by atoms with E-state index in [-0.39, 0.29) is 0 Å². The predicted octanol–water partition coefficient (Wildman–Crippen LogP) is 2.11. The van der Waals surface area contributed by atoms with Crippen LogP contribution in [0.1, 0.15) is 42.0 Å². The molecular formula is C18H25N5O. The number of aryl methyl sites for hydroxylation is 1. The van der Waals surface area contributed by atoms with E-state index in [2.05, 4.69) is 27.4 Å². The maximum absolute atomic E-state index is 5.58. The van der Waals surface area contributed by atoms with Crippen molar-refractivity contribution >= 4 is 0 Å². The van der Waals surface area contributed by atoms with E-state index in [1.54, 1.807) is 0 Å². The molecule has 0 spiro atoms. The van der Waals surface area contributed by atoms with Gasteiger partial charge >= 0.3 is 0 Å². The fourth-order valence-electron chi connectivity index (χ4n) is 3.91. The van der Waals surface area contributed by atoms with E-state index in [4.69, 9.17) is 9.51 Å². The Morgan fingerprint density at radius 1 is 1.38 bits per heavy atom. The minimum atomic E-state index is 0.514. The lowest BCUT2D eigenvalue weighted by atomic mass is 9.95. The van der Waals surface area contributed by atoms with Gasteiger partial charge in [-0.25, -0.2) is 0 Å². The zero-order chi connectivity index (χ0) is 16.5. The van der Waals surface area contributed by atoms with E-state index in [1.165, 1.54) is 30.4 Å². The van der Waals surface area contributed by atoms with E-state index >= 15 is 0 Å². The van der Waals surface area contributed by atoms with Gasteiger partial charge in [-0.15, -0.1) is 0 Å². The highest BCUT2D eigenvalue weighted by atomic mass is 16.5. The van der Waals surface area contributed by atoms with Crippen molar-refractivity contribution in [1.82, 2.24) is 25.3 Å². The van der Waals surface area contributed by atoms with Gasteiger partial charge in [0.15, 0.2) is 0 Å². The third-order valence-corrected chi connectivity index (χ3v) is 5.36. The molecule has 4 rings (SSSR count). The lowest BCUT2D eigenvalue weighted by molar-refractivity contribution is 0.173. The Balaban J connectivity index is 1.61. The lowest BCUT2D eigenvalue weighted by Gasteiger charge is -2.31. The summed E-state index contributed by atoms with van der Waals surface area (Å²) >= 11 is 0. The molecule has 4 heterocycles. The Labute approximate surface area is 142 Å². The van der Waals surface area contributed by atoms with Crippen LogP contribution in [0.4, 0.5) is 0 Å². The zero-order valence-electron chi connectivity index (χ0n) is 14.5. The number of aromatic nitrogens is 3. The summed E-state index contributed by atoms with van der Waals surface area (Å²) in [6, 6.07) is 0.514. The van der Waals surface area contributed by atoms with Gasteiger partial charge in [-0.05, 0) is 57.5 Å². The van der Waals surface area contributed by atoms with E-state index in [1.807, 2.05) is 13.1 Å². The van der Waals surface area contributed by atoms with Crippen molar-refractivity contribution in [2.45, 2.75) is 51.6 Å². The van der Waals surface area contributed by atoms with Gasteiger partial charge in [-0.2, -0.15) is 4.98 Å². The molecule has 2 aliphatic rings. The molecule has 0 aromatic carbocycles. The van der Waals surface area contributed by atoms with Crippen molar-refractivity contribution in [3.05, 3.63) is 28.9 Å². The summed E-state index contributed by atoms with van der Waals surface area (Å²) in [6.07, 6.45) is 7.59. The zero-order valence-corrected chi connectivity index (χ0v) is 14.5. The monoisotopic (exact) mass is 327 g/mol. The first kappa shape index (κ1) is 15.7. The van der Waals surface area contributed by atoms with Crippen LogP contribution in [0.25, 0.3) is 11.4 Å². The van der Waals surface area contributed by atoms with Crippen LogP contribution in [0.2, 0.25) is 0 Å². The average Bonchev–Trinajstić information content (AvgIpc) is 3.05. The highest BCUT2D eigenvalue weighted by molar-refractivity contribution is 5.64. The molecule has 1 unspecified atom stereocenters. The number of fused-ring (bicyclic) bond motifs is 1. The van der Waals surface area contributed by atoms with Gasteiger partial charge in [-0.3, -0.25) is 4.98 Å². The van der Waals surface area contributed by atoms with Crippen LogP contribution in [0.5, 0.6) is 0 Å². The summed E-state index contributed by atoms with van der Waals surface area (Å²) in [5, 5.41) is 7.67. The van der Waals surface area contributed by atoms with Gasteiger partial charge in [0.05, 0.1) is 0 Å². The minimum Gasteiger partial charge on any atom is -0.339 e. The Kier molecular flexibility index (Phi) is 4.33. The predicted molar refractivity (Wildman–Crippen MR) is 91.6 cm³/mol. The van der Waals surface area contributed by atoms with Gasteiger partial charge in [0, 0.05) is 36.5 Å². The molecule has 2 aromatic heterocycles. The fraction of sp³-hybridized carbons (Fsp3) is 0.611. The van der Waals surface area contributed by atoms with Crippen LogP contribution in [0, 0.1) is 6.92 Å². The highest BCUT2D eigenvalue weighted by Crippen LogP contribution is 2.29. The number of piperidine rings is 1. The number of nitrogens with one attached hydrogen (secondary N) is 1. The molecule has 0 saturated carbocycles. The summed E-state index contributed by atoms with van der Waals surface area (Å²) < 4.78 is 5.58. The van der Waals surface area contributed by atoms with Crippen molar-refractivity contribution in [3.63, 3.8) is 0 Å². The maximum Gasteiger partial charge on any atom is 0.228 e. The van der Waals surface area contributed by atoms with Gasteiger partial charge < -0.3 is 14.7 Å².